The number of nitrogens with one attached hydrogen (secondary N) is 2. The molecule has 7 nitrogen and oxygen atoms in total. The van der Waals surface area contributed by atoms with E-state index in [0.717, 1.165) is 21.1 Å². The number of carbonyl (C=O) groups is 1. The van der Waals surface area contributed by atoms with Gasteiger partial charge in [0.2, 0.25) is 5.91 Å². The lowest BCUT2D eigenvalue weighted by atomic mass is 10.0. The summed E-state index contributed by atoms with van der Waals surface area (Å²) in [5.74, 6) is -0.672. The first-order chi connectivity index (χ1) is 16.2. The maximum absolute atomic E-state index is 13.5. The van der Waals surface area contributed by atoms with Crippen molar-refractivity contribution in [3.63, 3.8) is 0 Å². The van der Waals surface area contributed by atoms with Crippen LogP contribution in [-0.4, -0.2) is 23.9 Å². The molecule has 0 spiro atoms. The van der Waals surface area contributed by atoms with E-state index in [4.69, 9.17) is 9.54 Å². The van der Waals surface area contributed by atoms with Crippen molar-refractivity contribution in [1.29, 1.82) is 0 Å². The molecule has 2 heterocycles. The fraction of sp³-hybridized carbons (Fsp3) is 0.130. The summed E-state index contributed by atoms with van der Waals surface area (Å²) in [4.78, 5) is 18.5. The van der Waals surface area contributed by atoms with Gasteiger partial charge in [0.1, 0.15) is 10.8 Å². The molecule has 1 amide bonds. The second kappa shape index (κ2) is 10.4. The first-order valence-electron chi connectivity index (χ1n) is 10.1. The van der Waals surface area contributed by atoms with Crippen LogP contribution < -0.4 is 10.0 Å². The number of hydrogen-bond donors (Lipinski definition) is 3. The Hall–Kier alpha value is -3.12. The monoisotopic (exact) mass is 517 g/mol. The van der Waals surface area contributed by atoms with E-state index in [9.17, 15) is 17.6 Å². The Morgan fingerprint density at radius 1 is 1.06 bits per heavy atom. The summed E-state index contributed by atoms with van der Waals surface area (Å²) in [5.41, 5.74) is 2.43. The molecular formula is C23H20FN3O4S3. The number of benzene rings is 2. The minimum atomic E-state index is -4.36. The maximum atomic E-state index is 13.5. The molecule has 34 heavy (non-hydrogen) atoms. The van der Waals surface area contributed by atoms with Crippen LogP contribution in [0.2, 0.25) is 0 Å². The molecule has 4 rings (SSSR count). The predicted molar refractivity (Wildman–Crippen MR) is 132 cm³/mol. The number of rotatable bonds is 9. The maximum Gasteiger partial charge on any atom is 0.357 e. The quantitative estimate of drug-likeness (QED) is 0.275. The van der Waals surface area contributed by atoms with E-state index in [0.29, 0.717) is 12.0 Å². The molecular weight excluding hydrogens is 497 g/mol. The molecule has 176 valence electrons. The van der Waals surface area contributed by atoms with Gasteiger partial charge in [-0.1, -0.05) is 30.3 Å². The van der Waals surface area contributed by atoms with Gasteiger partial charge in [-0.05, 0) is 53.3 Å². The molecule has 0 radical (unpaired) electrons. The molecule has 1 atom stereocenters. The fourth-order valence-corrected chi connectivity index (χ4v) is 5.42. The largest absolute Gasteiger partial charge is 0.357 e. The van der Waals surface area contributed by atoms with Gasteiger partial charge in [0.25, 0.3) is 0 Å². The van der Waals surface area contributed by atoms with Crippen LogP contribution in [0.1, 0.15) is 22.2 Å². The average molecular weight is 518 g/mol. The molecule has 0 aliphatic heterocycles. The van der Waals surface area contributed by atoms with E-state index in [2.05, 4.69) is 5.32 Å². The Morgan fingerprint density at radius 3 is 2.53 bits per heavy atom. The molecule has 0 saturated heterocycles. The van der Waals surface area contributed by atoms with Crippen LogP contribution >= 0.6 is 22.7 Å². The lowest BCUT2D eigenvalue weighted by molar-refractivity contribution is -0.121. The van der Waals surface area contributed by atoms with Crippen LogP contribution in [-0.2, 0) is 27.9 Å². The van der Waals surface area contributed by atoms with Crippen molar-refractivity contribution >= 4 is 44.6 Å². The standard InChI is InChI=1S/C23H20FN3O4S3/c24-17-4-1-3-16(11-17)13-22(28)25-19(23-26-20(14-33-23)21-5-2-10-32-21)12-15-6-8-18(9-7-15)27-34(29,30)31/h1-11,14,19,27H,12-13H2,(H,25,28)(H,29,30,31). The van der Waals surface area contributed by atoms with Crippen LogP contribution in [0.25, 0.3) is 10.6 Å². The van der Waals surface area contributed by atoms with Gasteiger partial charge < -0.3 is 5.32 Å². The smallest absolute Gasteiger partial charge is 0.346 e. The fourth-order valence-electron chi connectivity index (χ4n) is 3.36. The van der Waals surface area contributed by atoms with Crippen molar-refractivity contribution in [3.8, 4) is 10.6 Å². The Balaban J connectivity index is 1.54. The normalized spacial score (nSPS) is 12.3. The van der Waals surface area contributed by atoms with Gasteiger partial charge in [0.05, 0.1) is 28.7 Å². The first kappa shape index (κ1) is 24.0. The van der Waals surface area contributed by atoms with Gasteiger partial charge in [-0.15, -0.1) is 22.7 Å². The van der Waals surface area contributed by atoms with E-state index in [1.165, 1.54) is 35.6 Å². The number of nitrogens with zero attached hydrogens (tertiary/aromatic N) is 1. The summed E-state index contributed by atoms with van der Waals surface area (Å²) in [5, 5.41) is 7.62. The summed E-state index contributed by atoms with van der Waals surface area (Å²) < 4.78 is 46.5. The third-order valence-electron chi connectivity index (χ3n) is 4.82. The zero-order valence-corrected chi connectivity index (χ0v) is 20.1. The number of anilines is 1. The Labute approximate surface area is 204 Å². The molecule has 0 bridgehead atoms. The van der Waals surface area contributed by atoms with Crippen molar-refractivity contribution in [1.82, 2.24) is 10.3 Å². The number of carbonyl (C=O) groups excluding carboxylic acids is 1. The van der Waals surface area contributed by atoms with Gasteiger partial charge in [0, 0.05) is 5.38 Å². The van der Waals surface area contributed by atoms with Gasteiger partial charge in [0.15, 0.2) is 0 Å². The molecule has 0 aliphatic carbocycles. The number of halogens is 1. The van der Waals surface area contributed by atoms with E-state index in [1.54, 1.807) is 35.6 Å². The molecule has 0 aliphatic rings. The molecule has 2 aromatic heterocycles. The number of thiophene rings is 1. The number of amides is 1. The highest BCUT2D eigenvalue weighted by atomic mass is 32.2. The molecule has 11 heteroatoms. The topological polar surface area (TPSA) is 108 Å². The van der Waals surface area contributed by atoms with E-state index in [1.807, 2.05) is 27.6 Å². The van der Waals surface area contributed by atoms with Crippen LogP contribution in [0, 0.1) is 5.82 Å². The molecule has 2 aromatic carbocycles. The number of aromatic nitrogens is 1. The van der Waals surface area contributed by atoms with Gasteiger partial charge in [-0.2, -0.15) is 8.42 Å². The highest BCUT2D eigenvalue weighted by Crippen LogP contribution is 2.30. The Kier molecular flexibility index (Phi) is 7.37. The average Bonchev–Trinajstić information content (AvgIpc) is 3.46. The third kappa shape index (κ3) is 6.70. The molecule has 3 N–H and O–H groups in total. The highest BCUT2D eigenvalue weighted by Gasteiger charge is 2.20. The number of thiazole rings is 1. The van der Waals surface area contributed by atoms with Crippen molar-refractivity contribution < 1.29 is 22.2 Å². The molecule has 0 fully saturated rings. The van der Waals surface area contributed by atoms with Gasteiger partial charge in [-0.25, -0.2) is 9.37 Å². The second-order valence-corrected chi connectivity index (χ2v) is 10.4. The van der Waals surface area contributed by atoms with E-state index in [-0.39, 0.29) is 18.0 Å². The summed E-state index contributed by atoms with van der Waals surface area (Å²) in [6, 6.07) is 15.8. The molecule has 0 saturated carbocycles. The third-order valence-corrected chi connectivity index (χ3v) is 7.17. The van der Waals surface area contributed by atoms with Crippen molar-refractivity contribution in [2.75, 3.05) is 4.72 Å². The molecule has 4 aromatic rings. The zero-order valence-electron chi connectivity index (χ0n) is 17.6. The van der Waals surface area contributed by atoms with Crippen LogP contribution in [0.4, 0.5) is 10.1 Å². The highest BCUT2D eigenvalue weighted by molar-refractivity contribution is 7.87. The van der Waals surface area contributed by atoms with Crippen LogP contribution in [0.3, 0.4) is 0 Å². The van der Waals surface area contributed by atoms with Gasteiger partial charge in [-0.3, -0.25) is 14.1 Å². The second-order valence-electron chi connectivity index (χ2n) is 7.45. The van der Waals surface area contributed by atoms with Crippen molar-refractivity contribution in [2.24, 2.45) is 0 Å². The SMILES string of the molecule is O=C(Cc1cccc(F)c1)NC(Cc1ccc(NS(=O)(=O)O)cc1)c1nc(-c2cccs2)cs1. The summed E-state index contributed by atoms with van der Waals surface area (Å²) in [6.45, 7) is 0. The zero-order chi connectivity index (χ0) is 24.1. The van der Waals surface area contributed by atoms with Crippen molar-refractivity contribution in [2.45, 2.75) is 18.9 Å². The predicted octanol–water partition coefficient (Wildman–Crippen LogP) is 4.87. The lowest BCUT2D eigenvalue weighted by Gasteiger charge is -2.17. The van der Waals surface area contributed by atoms with Crippen molar-refractivity contribution in [3.05, 3.63) is 93.4 Å². The Bertz CT molecular complexity index is 1370. The van der Waals surface area contributed by atoms with Gasteiger partial charge >= 0.3 is 10.3 Å². The first-order valence-corrected chi connectivity index (χ1v) is 13.3. The minimum Gasteiger partial charge on any atom is -0.346 e. The summed E-state index contributed by atoms with van der Waals surface area (Å²) >= 11 is 3.01. The molecule has 1 unspecified atom stereocenters. The summed E-state index contributed by atoms with van der Waals surface area (Å²) in [7, 11) is -4.36. The minimum absolute atomic E-state index is 0.0225. The van der Waals surface area contributed by atoms with Crippen LogP contribution in [0.15, 0.2) is 71.4 Å². The van der Waals surface area contributed by atoms with Crippen LogP contribution in [0.5, 0.6) is 0 Å². The number of hydrogen-bond acceptors (Lipinski definition) is 6. The Morgan fingerprint density at radius 2 is 1.85 bits per heavy atom. The lowest BCUT2D eigenvalue weighted by Crippen LogP contribution is -2.31. The van der Waals surface area contributed by atoms with E-state index < -0.39 is 22.2 Å². The van der Waals surface area contributed by atoms with E-state index >= 15 is 0 Å². The summed E-state index contributed by atoms with van der Waals surface area (Å²) in [6.07, 6.45) is 0.424.